The topological polar surface area (TPSA) is 137 Å². The van der Waals surface area contributed by atoms with E-state index in [2.05, 4.69) is 31.3 Å². The molecule has 0 spiro atoms. The zero-order valence-corrected chi connectivity index (χ0v) is 21.0. The number of thiophene rings is 1. The Morgan fingerprint density at radius 1 is 1.05 bits per heavy atom. The molecule has 2 aliphatic heterocycles. The number of morpholine rings is 1. The van der Waals surface area contributed by atoms with Gasteiger partial charge in [-0.2, -0.15) is 10.2 Å². The van der Waals surface area contributed by atoms with Crippen LogP contribution in [0.5, 0.6) is 0 Å². The van der Waals surface area contributed by atoms with Gasteiger partial charge in [0.2, 0.25) is 5.91 Å². The lowest BCUT2D eigenvalue weighted by atomic mass is 10.1. The number of rotatable bonds is 6. The SMILES string of the molecule is O=C(Cc1ccccn1)Nc1ccc(C2=C3C(=O)c4c(NC(=O)NN5CCOCC5)cccc4C3N=N2)s1. The number of amides is 3. The lowest BCUT2D eigenvalue weighted by Crippen LogP contribution is -2.49. The molecule has 3 aliphatic rings. The van der Waals surface area contributed by atoms with Crippen LogP contribution in [-0.2, 0) is 16.0 Å². The highest BCUT2D eigenvalue weighted by molar-refractivity contribution is 7.17. The first-order chi connectivity index (χ1) is 18.6. The Morgan fingerprint density at radius 2 is 1.92 bits per heavy atom. The van der Waals surface area contributed by atoms with Gasteiger partial charge in [0.25, 0.3) is 0 Å². The van der Waals surface area contributed by atoms with Crippen LogP contribution in [0.4, 0.5) is 15.5 Å². The lowest BCUT2D eigenvalue weighted by Gasteiger charge is -2.27. The van der Waals surface area contributed by atoms with Crippen molar-refractivity contribution in [2.24, 2.45) is 10.2 Å². The molecular formula is C26H23N7O4S. The van der Waals surface area contributed by atoms with Crippen molar-refractivity contribution >= 4 is 45.4 Å². The van der Waals surface area contributed by atoms with Crippen LogP contribution in [-0.4, -0.2) is 54.0 Å². The monoisotopic (exact) mass is 529 g/mol. The molecule has 38 heavy (non-hydrogen) atoms. The van der Waals surface area contributed by atoms with E-state index in [1.54, 1.807) is 41.5 Å². The Balaban J connectivity index is 1.19. The van der Waals surface area contributed by atoms with Crippen molar-refractivity contribution in [3.05, 3.63) is 82.0 Å². The minimum absolute atomic E-state index is 0.159. The highest BCUT2D eigenvalue weighted by Crippen LogP contribution is 2.50. The van der Waals surface area contributed by atoms with Gasteiger partial charge in [-0.3, -0.25) is 20.0 Å². The average Bonchev–Trinajstić information content (AvgIpc) is 3.62. The number of azo groups is 1. The molecule has 0 radical (unpaired) electrons. The predicted molar refractivity (Wildman–Crippen MR) is 141 cm³/mol. The van der Waals surface area contributed by atoms with Crippen LogP contribution in [0.2, 0.25) is 0 Å². The third kappa shape index (κ3) is 4.72. The Labute approximate surface area is 221 Å². The summed E-state index contributed by atoms with van der Waals surface area (Å²) in [4.78, 5) is 43.6. The van der Waals surface area contributed by atoms with Crippen molar-refractivity contribution in [2.75, 3.05) is 36.9 Å². The van der Waals surface area contributed by atoms with Gasteiger partial charge in [-0.1, -0.05) is 18.2 Å². The summed E-state index contributed by atoms with van der Waals surface area (Å²) in [5.41, 5.74) is 5.96. The first-order valence-corrected chi connectivity index (χ1v) is 12.9. The molecule has 0 bridgehead atoms. The number of ketones is 1. The number of pyridine rings is 1. The first-order valence-electron chi connectivity index (χ1n) is 12.1. The van der Waals surface area contributed by atoms with Crippen molar-refractivity contribution in [3.63, 3.8) is 0 Å². The smallest absolute Gasteiger partial charge is 0.333 e. The van der Waals surface area contributed by atoms with Crippen LogP contribution in [0, 0.1) is 0 Å². The van der Waals surface area contributed by atoms with Gasteiger partial charge in [0.1, 0.15) is 11.7 Å². The molecule has 1 unspecified atom stereocenters. The van der Waals surface area contributed by atoms with E-state index in [-0.39, 0.29) is 18.1 Å². The summed E-state index contributed by atoms with van der Waals surface area (Å²) in [6, 6.07) is 13.4. The summed E-state index contributed by atoms with van der Waals surface area (Å²) < 4.78 is 5.30. The molecule has 3 N–H and O–H groups in total. The van der Waals surface area contributed by atoms with E-state index >= 15 is 0 Å². The van der Waals surface area contributed by atoms with Crippen molar-refractivity contribution in [3.8, 4) is 0 Å². The molecular weight excluding hydrogens is 506 g/mol. The van der Waals surface area contributed by atoms with Gasteiger partial charge in [-0.25, -0.2) is 9.80 Å². The highest BCUT2D eigenvalue weighted by atomic mass is 32.1. The molecule has 1 aromatic carbocycles. The summed E-state index contributed by atoms with van der Waals surface area (Å²) in [7, 11) is 0. The molecule has 11 nitrogen and oxygen atoms in total. The van der Waals surface area contributed by atoms with Crippen LogP contribution in [0.15, 0.2) is 70.5 Å². The maximum atomic E-state index is 13.6. The molecule has 1 atom stereocenters. The van der Waals surface area contributed by atoms with Crippen LogP contribution < -0.4 is 16.1 Å². The number of aromatic nitrogens is 1. The number of nitrogens with one attached hydrogen (secondary N) is 3. The van der Waals surface area contributed by atoms with Gasteiger partial charge < -0.3 is 15.4 Å². The molecule has 3 aromatic rings. The maximum Gasteiger partial charge on any atom is 0.333 e. The molecule has 6 rings (SSSR count). The molecule has 192 valence electrons. The second kappa shape index (κ2) is 10.2. The Bertz CT molecular complexity index is 1480. The lowest BCUT2D eigenvalue weighted by molar-refractivity contribution is -0.115. The molecule has 1 aliphatic carbocycles. The van der Waals surface area contributed by atoms with E-state index in [1.807, 2.05) is 18.2 Å². The average molecular weight is 530 g/mol. The Morgan fingerprint density at radius 3 is 2.74 bits per heavy atom. The number of carbonyl (C=O) groups is 3. The maximum absolute atomic E-state index is 13.6. The number of Topliss-reactive ketones (excluding diaryl/α,β-unsaturated/α-hetero) is 1. The van der Waals surface area contributed by atoms with Crippen LogP contribution >= 0.6 is 11.3 Å². The molecule has 0 saturated carbocycles. The van der Waals surface area contributed by atoms with Crippen LogP contribution in [0.1, 0.15) is 32.5 Å². The Hall–Kier alpha value is -4.26. The van der Waals surface area contributed by atoms with E-state index < -0.39 is 12.1 Å². The molecule has 1 fully saturated rings. The second-order valence-electron chi connectivity index (χ2n) is 8.85. The number of carbonyl (C=O) groups excluding carboxylic acids is 3. The Kier molecular flexibility index (Phi) is 6.50. The van der Waals surface area contributed by atoms with Crippen molar-refractivity contribution in [1.82, 2.24) is 15.4 Å². The quantitative estimate of drug-likeness (QED) is 0.444. The minimum Gasteiger partial charge on any atom is -0.379 e. The van der Waals surface area contributed by atoms with Gasteiger partial charge in [0.15, 0.2) is 5.78 Å². The molecule has 4 heterocycles. The van der Waals surface area contributed by atoms with Crippen LogP contribution in [0.25, 0.3) is 5.70 Å². The summed E-state index contributed by atoms with van der Waals surface area (Å²) in [6.07, 6.45) is 1.81. The van der Waals surface area contributed by atoms with E-state index in [4.69, 9.17) is 4.74 Å². The van der Waals surface area contributed by atoms with Crippen molar-refractivity contribution < 1.29 is 19.1 Å². The largest absolute Gasteiger partial charge is 0.379 e. The fraction of sp³-hybridized carbons (Fsp3) is 0.231. The van der Waals surface area contributed by atoms with E-state index in [0.29, 0.717) is 65.1 Å². The molecule has 2 aromatic heterocycles. The van der Waals surface area contributed by atoms with Crippen LogP contribution in [0.3, 0.4) is 0 Å². The third-order valence-corrected chi connectivity index (χ3v) is 7.36. The van der Waals surface area contributed by atoms with Gasteiger partial charge in [-0.15, -0.1) is 11.3 Å². The van der Waals surface area contributed by atoms with Crippen molar-refractivity contribution in [1.29, 1.82) is 0 Å². The third-order valence-electron chi connectivity index (χ3n) is 6.35. The summed E-state index contributed by atoms with van der Waals surface area (Å²) in [5.74, 6) is -0.405. The number of urea groups is 1. The summed E-state index contributed by atoms with van der Waals surface area (Å²) >= 11 is 1.32. The molecule has 3 amide bonds. The zero-order valence-electron chi connectivity index (χ0n) is 20.1. The highest BCUT2D eigenvalue weighted by Gasteiger charge is 2.42. The number of hydrogen-bond donors (Lipinski definition) is 3. The molecule has 12 heteroatoms. The first kappa shape index (κ1) is 24.1. The minimum atomic E-state index is -0.527. The van der Waals surface area contributed by atoms with Gasteiger partial charge in [0.05, 0.1) is 46.3 Å². The van der Waals surface area contributed by atoms with Crippen molar-refractivity contribution in [2.45, 2.75) is 12.5 Å². The molecule has 1 saturated heterocycles. The van der Waals surface area contributed by atoms with E-state index in [9.17, 15) is 14.4 Å². The zero-order chi connectivity index (χ0) is 26.1. The number of anilines is 2. The summed E-state index contributed by atoms with van der Waals surface area (Å²) in [5, 5.41) is 16.8. The fourth-order valence-corrected chi connectivity index (χ4v) is 5.55. The normalized spacial score (nSPS) is 18.3. The predicted octanol–water partition coefficient (Wildman–Crippen LogP) is 3.81. The number of benzene rings is 1. The standard InChI is InChI=1S/C26H23N7O4S/c34-19(14-15-4-1-2-9-27-15)29-20-8-7-18(38-20)24-22-23(30-31-24)16-5-3-6-17(21(16)25(22)35)28-26(36)32-33-10-12-37-13-11-33/h1-9,23H,10-14H2,(H,29,34)(H2,28,32,36). The van der Waals surface area contributed by atoms with Gasteiger partial charge >= 0.3 is 6.03 Å². The number of fused-ring (bicyclic) bond motifs is 3. The summed E-state index contributed by atoms with van der Waals surface area (Å²) in [6.45, 7) is 2.26. The van der Waals surface area contributed by atoms with E-state index in [1.165, 1.54) is 11.3 Å². The number of ether oxygens (including phenoxy) is 1. The fourth-order valence-electron chi connectivity index (χ4n) is 4.63. The number of hydrogen-bond acceptors (Lipinski definition) is 9. The van der Waals surface area contributed by atoms with Gasteiger partial charge in [0, 0.05) is 25.0 Å². The number of hydrazine groups is 1. The second-order valence-corrected chi connectivity index (χ2v) is 9.94. The number of nitrogens with zero attached hydrogens (tertiary/aromatic N) is 4. The van der Waals surface area contributed by atoms with E-state index in [0.717, 1.165) is 4.88 Å². The van der Waals surface area contributed by atoms with Gasteiger partial charge in [-0.05, 0) is 35.9 Å².